The van der Waals surface area contributed by atoms with E-state index in [2.05, 4.69) is 39.0 Å². The average molecular weight is 382 g/mol. The van der Waals surface area contributed by atoms with E-state index in [4.69, 9.17) is 16.3 Å². The molecule has 6 heteroatoms. The van der Waals surface area contributed by atoms with Crippen molar-refractivity contribution < 1.29 is 4.74 Å². The Morgan fingerprint density at radius 2 is 1.93 bits per heavy atom. The molecule has 2 aliphatic rings. The molecular weight excluding hydrogens is 360 g/mol. The fourth-order valence-corrected chi connectivity index (χ4v) is 3.81. The fourth-order valence-electron chi connectivity index (χ4n) is 3.55. The Morgan fingerprint density at radius 1 is 1.15 bits per heavy atom. The van der Waals surface area contributed by atoms with Crippen LogP contribution < -0.4 is 15.4 Å². The van der Waals surface area contributed by atoms with Crippen LogP contribution in [0.3, 0.4) is 0 Å². The van der Waals surface area contributed by atoms with E-state index in [0.717, 1.165) is 48.7 Å². The van der Waals surface area contributed by atoms with Crippen LogP contribution in [0.1, 0.15) is 17.2 Å². The normalized spacial score (nSPS) is 19.8. The van der Waals surface area contributed by atoms with E-state index in [9.17, 15) is 0 Å². The molecule has 2 heterocycles. The van der Waals surface area contributed by atoms with Crippen LogP contribution in [-0.4, -0.2) is 44.5 Å². The molecule has 2 N–H and O–H groups in total. The third-order valence-electron chi connectivity index (χ3n) is 4.91. The third-order valence-corrected chi connectivity index (χ3v) is 5.21. The number of aliphatic imine (C=N–C) groups is 1. The van der Waals surface area contributed by atoms with Crippen molar-refractivity contribution in [2.45, 2.75) is 6.04 Å². The number of halogens is 1. The Morgan fingerprint density at radius 3 is 2.63 bits per heavy atom. The van der Waals surface area contributed by atoms with Crippen LogP contribution in [0.25, 0.3) is 5.57 Å². The highest BCUT2D eigenvalue weighted by atomic mass is 35.5. The summed E-state index contributed by atoms with van der Waals surface area (Å²) in [5.74, 6) is 1.62. The van der Waals surface area contributed by atoms with Crippen LogP contribution in [0.2, 0.25) is 5.02 Å². The molecule has 2 aliphatic heterocycles. The lowest BCUT2D eigenvalue weighted by Gasteiger charge is -2.35. The van der Waals surface area contributed by atoms with Gasteiger partial charge < -0.3 is 20.3 Å². The maximum atomic E-state index is 6.44. The monoisotopic (exact) mass is 381 g/mol. The summed E-state index contributed by atoms with van der Waals surface area (Å²) in [6, 6.07) is 16.2. The van der Waals surface area contributed by atoms with E-state index in [1.165, 1.54) is 0 Å². The fraction of sp³-hybridized carbons (Fsp3) is 0.286. The van der Waals surface area contributed by atoms with Gasteiger partial charge >= 0.3 is 0 Å². The first kappa shape index (κ1) is 17.9. The summed E-state index contributed by atoms with van der Waals surface area (Å²) in [4.78, 5) is 6.91. The van der Waals surface area contributed by atoms with Gasteiger partial charge in [0, 0.05) is 31.8 Å². The van der Waals surface area contributed by atoms with E-state index in [1.54, 1.807) is 7.11 Å². The van der Waals surface area contributed by atoms with E-state index >= 15 is 0 Å². The van der Waals surface area contributed by atoms with E-state index in [-0.39, 0.29) is 6.04 Å². The molecule has 2 aromatic rings. The van der Waals surface area contributed by atoms with Crippen LogP contribution in [0, 0.1) is 0 Å². The second kappa shape index (κ2) is 8.03. The minimum Gasteiger partial charge on any atom is -0.495 e. The van der Waals surface area contributed by atoms with Gasteiger partial charge in [0.1, 0.15) is 11.6 Å². The maximum absolute atomic E-state index is 6.44. The van der Waals surface area contributed by atoms with Gasteiger partial charge in [-0.2, -0.15) is 0 Å². The highest BCUT2D eigenvalue weighted by Gasteiger charge is 2.28. The molecular formula is C21H22ClN4O. The standard InChI is InChI=1S/C21H22ClN4O/c1-27-18-8-7-16(13-17(18)22)19-20(15-5-3-2-4-6-15)24-14-25-21(19)26-11-9-23-10-12-26/h2-8,13,20,23H,9-12H2,1H3,(H,24,25). The van der Waals surface area contributed by atoms with Gasteiger partial charge in [-0.05, 0) is 23.3 Å². The minimum atomic E-state index is -0.0435. The van der Waals surface area contributed by atoms with Crippen LogP contribution in [-0.2, 0) is 0 Å². The number of nitrogens with zero attached hydrogens (tertiary/aromatic N) is 2. The molecule has 1 atom stereocenters. The predicted octanol–water partition coefficient (Wildman–Crippen LogP) is 3.17. The molecule has 139 valence electrons. The van der Waals surface area contributed by atoms with Gasteiger partial charge in [-0.1, -0.05) is 48.0 Å². The number of hydrogen-bond donors (Lipinski definition) is 2. The summed E-state index contributed by atoms with van der Waals surface area (Å²) in [5, 5.41) is 7.30. The zero-order valence-electron chi connectivity index (χ0n) is 15.2. The third kappa shape index (κ3) is 3.66. The smallest absolute Gasteiger partial charge is 0.172 e. The minimum absolute atomic E-state index is 0.0435. The molecule has 0 spiro atoms. The molecule has 0 bridgehead atoms. The highest BCUT2D eigenvalue weighted by molar-refractivity contribution is 6.32. The lowest BCUT2D eigenvalue weighted by molar-refractivity contribution is 0.296. The molecule has 1 unspecified atom stereocenters. The molecule has 27 heavy (non-hydrogen) atoms. The Balaban J connectivity index is 1.84. The van der Waals surface area contributed by atoms with Crippen molar-refractivity contribution in [3.05, 3.63) is 70.5 Å². The number of hydrogen-bond acceptors (Lipinski definition) is 5. The van der Waals surface area contributed by atoms with E-state index in [0.29, 0.717) is 10.8 Å². The zero-order chi connectivity index (χ0) is 18.6. The van der Waals surface area contributed by atoms with Crippen LogP contribution in [0.15, 0.2) is 59.3 Å². The van der Waals surface area contributed by atoms with Gasteiger partial charge in [-0.3, -0.25) is 0 Å². The van der Waals surface area contributed by atoms with Gasteiger partial charge in [0.2, 0.25) is 0 Å². The van der Waals surface area contributed by atoms with Gasteiger partial charge in [0.05, 0.1) is 18.2 Å². The number of benzene rings is 2. The van der Waals surface area contributed by atoms with Crippen LogP contribution >= 0.6 is 11.6 Å². The van der Waals surface area contributed by atoms with Crippen molar-refractivity contribution in [3.8, 4) is 5.75 Å². The number of nitrogens with one attached hydrogen (secondary N) is 2. The SMILES string of the molecule is COc1ccc(C2=C(N3CCNCC3)N=[C]NC2c2ccccc2)cc1Cl. The Bertz CT molecular complexity index is 860. The zero-order valence-corrected chi connectivity index (χ0v) is 16.0. The molecule has 1 fully saturated rings. The summed E-state index contributed by atoms with van der Waals surface area (Å²) in [6.07, 6.45) is 3.01. The lowest BCUT2D eigenvalue weighted by atomic mass is 9.91. The van der Waals surface area contributed by atoms with Crippen molar-refractivity contribution in [3.63, 3.8) is 0 Å². The van der Waals surface area contributed by atoms with Gasteiger partial charge in [-0.15, -0.1) is 0 Å². The number of ether oxygens (including phenoxy) is 1. The Kier molecular flexibility index (Phi) is 5.32. The molecule has 4 rings (SSSR count). The summed E-state index contributed by atoms with van der Waals surface area (Å²) in [5.41, 5.74) is 3.29. The lowest BCUT2D eigenvalue weighted by Crippen LogP contribution is -2.44. The average Bonchev–Trinajstić information content (AvgIpc) is 2.74. The summed E-state index contributed by atoms with van der Waals surface area (Å²) in [7, 11) is 1.63. The van der Waals surface area contributed by atoms with Crippen LogP contribution in [0.5, 0.6) is 5.75 Å². The van der Waals surface area contributed by atoms with Crippen molar-refractivity contribution in [2.75, 3.05) is 33.3 Å². The van der Waals surface area contributed by atoms with Gasteiger partial charge in [0.15, 0.2) is 6.34 Å². The molecule has 0 amide bonds. The summed E-state index contributed by atoms with van der Waals surface area (Å²) in [6.45, 7) is 3.71. The second-order valence-corrected chi connectivity index (χ2v) is 6.94. The van der Waals surface area contributed by atoms with Crippen molar-refractivity contribution >= 4 is 23.5 Å². The number of rotatable bonds is 4. The number of piperazine rings is 1. The van der Waals surface area contributed by atoms with Crippen molar-refractivity contribution in [2.24, 2.45) is 4.99 Å². The number of methoxy groups -OCH3 is 1. The largest absolute Gasteiger partial charge is 0.495 e. The summed E-state index contributed by atoms with van der Waals surface area (Å²) >= 11 is 6.44. The molecule has 5 nitrogen and oxygen atoms in total. The topological polar surface area (TPSA) is 48.9 Å². The molecule has 2 aromatic carbocycles. The highest BCUT2D eigenvalue weighted by Crippen LogP contribution is 2.38. The van der Waals surface area contributed by atoms with E-state index in [1.807, 2.05) is 36.4 Å². The second-order valence-electron chi connectivity index (χ2n) is 6.54. The first-order chi connectivity index (χ1) is 13.3. The summed E-state index contributed by atoms with van der Waals surface area (Å²) < 4.78 is 5.32. The van der Waals surface area contributed by atoms with Crippen molar-refractivity contribution in [1.29, 1.82) is 0 Å². The van der Waals surface area contributed by atoms with Crippen molar-refractivity contribution in [1.82, 2.24) is 15.5 Å². The first-order valence-electron chi connectivity index (χ1n) is 9.08. The Hall–Kier alpha value is -2.50. The van der Waals surface area contributed by atoms with E-state index < -0.39 is 0 Å². The maximum Gasteiger partial charge on any atom is 0.172 e. The Labute approximate surface area is 164 Å². The van der Waals surface area contributed by atoms with Gasteiger partial charge in [-0.25, -0.2) is 4.99 Å². The molecule has 0 aliphatic carbocycles. The molecule has 1 radical (unpaired) electrons. The first-order valence-corrected chi connectivity index (χ1v) is 9.45. The van der Waals surface area contributed by atoms with Crippen LogP contribution in [0.4, 0.5) is 0 Å². The molecule has 1 saturated heterocycles. The molecule has 0 aromatic heterocycles. The quantitative estimate of drug-likeness (QED) is 0.854. The van der Waals surface area contributed by atoms with Gasteiger partial charge in [0.25, 0.3) is 0 Å². The predicted molar refractivity (Wildman–Crippen MR) is 109 cm³/mol. The molecule has 0 saturated carbocycles.